The molecule has 0 aliphatic rings. The number of rotatable bonds is 5. The van der Waals surface area contributed by atoms with E-state index in [1.807, 2.05) is 0 Å². The summed E-state index contributed by atoms with van der Waals surface area (Å²) in [6.45, 7) is 0. The maximum Gasteiger partial charge on any atom is 0.272 e. The summed E-state index contributed by atoms with van der Waals surface area (Å²) < 4.78 is 28.2. The van der Waals surface area contributed by atoms with Crippen LogP contribution in [0.4, 0.5) is 8.78 Å². The molecule has 0 aliphatic carbocycles. The molecule has 0 spiro atoms. The number of benzene rings is 2. The summed E-state index contributed by atoms with van der Waals surface area (Å²) in [5.41, 5.74) is 4.89. The number of carbonyl (C=O) groups excluding carboxylic acids is 2. The Morgan fingerprint density at radius 3 is 2.46 bits per heavy atom. The fraction of sp³-hybridized carbons (Fsp3) is 0.111. The molecule has 0 atom stereocenters. The molecule has 0 saturated heterocycles. The topological polar surface area (TPSA) is 88.9 Å². The number of carbonyl (C=O) groups is 2. The second-order valence-corrected chi connectivity index (χ2v) is 6.59. The minimum atomic E-state index is -0.756. The Kier molecular flexibility index (Phi) is 5.99. The number of amides is 2. The Balaban J connectivity index is 1.54. The molecule has 7 nitrogen and oxygen atoms in total. The van der Waals surface area contributed by atoms with E-state index in [0.717, 1.165) is 17.8 Å². The van der Waals surface area contributed by atoms with Crippen molar-refractivity contribution in [2.75, 3.05) is 5.75 Å². The van der Waals surface area contributed by atoms with E-state index in [1.54, 1.807) is 23.7 Å². The number of hydrogen-bond acceptors (Lipinski definition) is 5. The van der Waals surface area contributed by atoms with Gasteiger partial charge in [-0.1, -0.05) is 23.9 Å². The van der Waals surface area contributed by atoms with Crippen LogP contribution in [0, 0.1) is 11.6 Å². The third kappa shape index (κ3) is 4.52. The summed E-state index contributed by atoms with van der Waals surface area (Å²) in [4.78, 5) is 23.8. The van der Waals surface area contributed by atoms with Crippen molar-refractivity contribution in [1.29, 1.82) is 0 Å². The van der Waals surface area contributed by atoms with Crippen LogP contribution in [0.3, 0.4) is 0 Å². The van der Waals surface area contributed by atoms with Crippen molar-refractivity contribution in [3.63, 3.8) is 0 Å². The van der Waals surface area contributed by atoms with Crippen LogP contribution in [-0.4, -0.2) is 32.3 Å². The van der Waals surface area contributed by atoms with E-state index in [4.69, 9.17) is 0 Å². The number of nitrogens with one attached hydrogen (secondary N) is 2. The predicted molar refractivity (Wildman–Crippen MR) is 99.1 cm³/mol. The smallest absolute Gasteiger partial charge is 0.272 e. The van der Waals surface area contributed by atoms with Crippen molar-refractivity contribution in [2.24, 2.45) is 7.05 Å². The summed E-state index contributed by atoms with van der Waals surface area (Å²) in [5, 5.41) is 8.52. The van der Waals surface area contributed by atoms with Gasteiger partial charge in [0.05, 0.1) is 11.3 Å². The van der Waals surface area contributed by atoms with Crippen LogP contribution >= 0.6 is 11.8 Å². The van der Waals surface area contributed by atoms with Gasteiger partial charge in [0, 0.05) is 12.6 Å². The third-order valence-electron chi connectivity index (χ3n) is 3.70. The molecule has 10 heteroatoms. The van der Waals surface area contributed by atoms with Gasteiger partial charge in [0.25, 0.3) is 5.91 Å². The second-order valence-electron chi connectivity index (χ2n) is 5.64. The molecule has 28 heavy (non-hydrogen) atoms. The number of nitrogens with zero attached hydrogens (tertiary/aromatic N) is 3. The molecule has 1 aromatic heterocycles. The van der Waals surface area contributed by atoms with Crippen LogP contribution in [0.2, 0.25) is 0 Å². The van der Waals surface area contributed by atoms with E-state index in [1.165, 1.54) is 30.3 Å². The molecule has 2 aromatic carbocycles. The van der Waals surface area contributed by atoms with Crippen LogP contribution < -0.4 is 10.9 Å². The number of halogens is 2. The Hall–Kier alpha value is -3.27. The summed E-state index contributed by atoms with van der Waals surface area (Å²) in [6.07, 6.45) is 0. The lowest BCUT2D eigenvalue weighted by molar-refractivity contribution is -0.119. The Labute approximate surface area is 163 Å². The van der Waals surface area contributed by atoms with E-state index in [9.17, 15) is 18.4 Å². The van der Waals surface area contributed by atoms with Crippen LogP contribution in [0.25, 0.3) is 11.4 Å². The zero-order valence-corrected chi connectivity index (χ0v) is 15.5. The highest BCUT2D eigenvalue weighted by molar-refractivity contribution is 7.99. The average Bonchev–Trinajstić information content (AvgIpc) is 3.06. The first-order valence-corrected chi connectivity index (χ1v) is 9.06. The normalized spacial score (nSPS) is 10.5. The van der Waals surface area contributed by atoms with Gasteiger partial charge < -0.3 is 4.57 Å². The highest BCUT2D eigenvalue weighted by Crippen LogP contribution is 2.22. The lowest BCUT2D eigenvalue weighted by atomic mass is 10.2. The molecule has 0 fully saturated rings. The van der Waals surface area contributed by atoms with Gasteiger partial charge in [-0.3, -0.25) is 20.4 Å². The number of aromatic nitrogens is 3. The van der Waals surface area contributed by atoms with Gasteiger partial charge in [-0.25, -0.2) is 8.78 Å². The number of thioether (sulfide) groups is 1. The first kappa shape index (κ1) is 19.5. The first-order valence-electron chi connectivity index (χ1n) is 8.07. The number of hydrazine groups is 1. The average molecular weight is 403 g/mol. The standard InChI is InChI=1S/C18H15F2N5O2S/c1-25-16(11-6-8-12(19)9-7-11)22-24-18(25)28-10-15(26)21-23-17(27)13-4-2-3-5-14(13)20/h2-9H,10H2,1H3,(H,21,26)(H,23,27). The molecule has 2 amide bonds. The fourth-order valence-corrected chi connectivity index (χ4v) is 3.01. The Bertz CT molecular complexity index is 1010. The van der Waals surface area contributed by atoms with Crippen molar-refractivity contribution in [2.45, 2.75) is 5.16 Å². The molecule has 3 aromatic rings. The molecule has 144 valence electrons. The highest BCUT2D eigenvalue weighted by Gasteiger charge is 2.14. The van der Waals surface area contributed by atoms with Gasteiger partial charge >= 0.3 is 0 Å². The van der Waals surface area contributed by atoms with Crippen molar-refractivity contribution < 1.29 is 18.4 Å². The van der Waals surface area contributed by atoms with Gasteiger partial charge in [0.2, 0.25) is 5.91 Å². The SMILES string of the molecule is Cn1c(SCC(=O)NNC(=O)c2ccccc2F)nnc1-c1ccc(F)cc1. The van der Waals surface area contributed by atoms with Crippen molar-refractivity contribution in [1.82, 2.24) is 25.6 Å². The molecule has 1 heterocycles. The maximum atomic E-state index is 13.5. The Morgan fingerprint density at radius 2 is 1.75 bits per heavy atom. The zero-order valence-electron chi connectivity index (χ0n) is 14.6. The van der Waals surface area contributed by atoms with Crippen molar-refractivity contribution >= 4 is 23.6 Å². The predicted octanol–water partition coefficient (Wildman–Crippen LogP) is 2.31. The third-order valence-corrected chi connectivity index (χ3v) is 4.72. The molecule has 0 bridgehead atoms. The summed E-state index contributed by atoms with van der Waals surface area (Å²) in [5.74, 6) is -1.82. The first-order chi connectivity index (χ1) is 13.5. The van der Waals surface area contributed by atoms with Gasteiger partial charge in [-0.2, -0.15) is 0 Å². The molecule has 0 saturated carbocycles. The van der Waals surface area contributed by atoms with Gasteiger partial charge in [-0.15, -0.1) is 10.2 Å². The Morgan fingerprint density at radius 1 is 1.04 bits per heavy atom. The molecular formula is C18H15F2N5O2S. The quantitative estimate of drug-likeness (QED) is 0.504. The summed E-state index contributed by atoms with van der Waals surface area (Å²) in [6, 6.07) is 11.2. The molecule has 3 rings (SSSR count). The van der Waals surface area contributed by atoms with E-state index < -0.39 is 17.6 Å². The van der Waals surface area contributed by atoms with Crippen LogP contribution in [0.15, 0.2) is 53.7 Å². The largest absolute Gasteiger partial charge is 0.305 e. The lowest BCUT2D eigenvalue weighted by Gasteiger charge is -2.08. The molecule has 0 unspecified atom stereocenters. The van der Waals surface area contributed by atoms with E-state index >= 15 is 0 Å². The lowest BCUT2D eigenvalue weighted by Crippen LogP contribution is -2.42. The maximum absolute atomic E-state index is 13.5. The highest BCUT2D eigenvalue weighted by atomic mass is 32.2. The number of hydrogen-bond donors (Lipinski definition) is 2. The summed E-state index contributed by atoms with van der Waals surface area (Å²) >= 11 is 1.10. The molecule has 0 aliphatic heterocycles. The van der Waals surface area contributed by atoms with Crippen molar-refractivity contribution in [3.8, 4) is 11.4 Å². The molecule has 2 N–H and O–H groups in total. The zero-order chi connectivity index (χ0) is 20.1. The van der Waals surface area contributed by atoms with E-state index in [2.05, 4.69) is 21.0 Å². The molecule has 0 radical (unpaired) electrons. The summed E-state index contributed by atoms with van der Waals surface area (Å²) in [7, 11) is 1.72. The van der Waals surface area contributed by atoms with Crippen LogP contribution in [-0.2, 0) is 11.8 Å². The second kappa shape index (κ2) is 8.61. The van der Waals surface area contributed by atoms with Gasteiger partial charge in [0.15, 0.2) is 11.0 Å². The minimum Gasteiger partial charge on any atom is -0.305 e. The minimum absolute atomic E-state index is 0.0487. The van der Waals surface area contributed by atoms with Crippen LogP contribution in [0.5, 0.6) is 0 Å². The van der Waals surface area contributed by atoms with Crippen LogP contribution in [0.1, 0.15) is 10.4 Å². The fourth-order valence-electron chi connectivity index (χ4n) is 2.30. The molecular weight excluding hydrogens is 388 g/mol. The monoisotopic (exact) mass is 403 g/mol. The van der Waals surface area contributed by atoms with Crippen molar-refractivity contribution in [3.05, 3.63) is 65.7 Å². The van der Waals surface area contributed by atoms with Gasteiger partial charge in [-0.05, 0) is 36.4 Å². The van der Waals surface area contributed by atoms with E-state index in [0.29, 0.717) is 16.5 Å². The van der Waals surface area contributed by atoms with Gasteiger partial charge in [0.1, 0.15) is 11.6 Å². The van der Waals surface area contributed by atoms with E-state index in [-0.39, 0.29) is 17.1 Å².